The van der Waals surface area contributed by atoms with Gasteiger partial charge in [-0.25, -0.2) is 0 Å². The predicted molar refractivity (Wildman–Crippen MR) is 200 cm³/mol. The maximum absolute atomic E-state index is 12.4. The van der Waals surface area contributed by atoms with Crippen LogP contribution in [0.5, 0.6) is 0 Å². The van der Waals surface area contributed by atoms with Gasteiger partial charge in [0.1, 0.15) is 5.69 Å². The van der Waals surface area contributed by atoms with Gasteiger partial charge in [0.05, 0.1) is 56.9 Å². The maximum Gasteiger partial charge on any atom is 0.494 e. The summed E-state index contributed by atoms with van der Waals surface area (Å²) >= 11 is 0. The number of hydrogen-bond acceptors (Lipinski definition) is 8. The molecule has 0 unspecified atom stereocenters. The molecule has 4 aromatic heterocycles. The van der Waals surface area contributed by atoms with Crippen molar-refractivity contribution in [3.8, 4) is 28.6 Å². The van der Waals surface area contributed by atoms with E-state index in [4.69, 9.17) is 30.1 Å². The number of nitrogens with two attached hydrogens (primary N) is 1. The third-order valence-electron chi connectivity index (χ3n) is 11.7. The van der Waals surface area contributed by atoms with Gasteiger partial charge in [0, 0.05) is 46.8 Å². The van der Waals surface area contributed by atoms with Crippen molar-refractivity contribution in [1.29, 1.82) is 5.26 Å². The molecule has 52 heavy (non-hydrogen) atoms. The van der Waals surface area contributed by atoms with Crippen molar-refractivity contribution in [2.75, 3.05) is 0 Å². The molecule has 10 rings (SSSR count). The minimum atomic E-state index is -0.596. The number of benzene rings is 2. The van der Waals surface area contributed by atoms with Gasteiger partial charge >= 0.3 is 7.12 Å². The Kier molecular flexibility index (Phi) is 7.37. The van der Waals surface area contributed by atoms with Crippen molar-refractivity contribution in [2.24, 2.45) is 5.73 Å². The average molecular weight is 688 g/mol. The lowest BCUT2D eigenvalue weighted by Crippen LogP contribution is -2.41. The van der Waals surface area contributed by atoms with E-state index >= 15 is 0 Å². The Morgan fingerprint density at radius 1 is 0.962 bits per heavy atom. The summed E-state index contributed by atoms with van der Waals surface area (Å²) in [5, 5.41) is 16.8. The lowest BCUT2D eigenvalue weighted by molar-refractivity contribution is 0.00578. The Morgan fingerprint density at radius 3 is 2.48 bits per heavy atom. The monoisotopic (exact) mass is 687 g/mol. The molecule has 2 N–H and O–H groups in total. The molecule has 7 heterocycles. The van der Waals surface area contributed by atoms with Crippen LogP contribution in [-0.2, 0) is 15.7 Å². The van der Waals surface area contributed by atoms with Crippen LogP contribution >= 0.6 is 0 Å². The fourth-order valence-electron chi connectivity index (χ4n) is 8.30. The van der Waals surface area contributed by atoms with Gasteiger partial charge in [-0.15, -0.1) is 0 Å². The van der Waals surface area contributed by atoms with Crippen LogP contribution in [0.25, 0.3) is 44.3 Å². The van der Waals surface area contributed by atoms with Crippen molar-refractivity contribution in [3.63, 3.8) is 0 Å². The summed E-state index contributed by atoms with van der Waals surface area (Å²) in [6.45, 7) is 8.13. The van der Waals surface area contributed by atoms with Crippen molar-refractivity contribution >= 4 is 40.3 Å². The maximum atomic E-state index is 12.4. The lowest BCUT2D eigenvalue weighted by atomic mass is 9.77. The summed E-state index contributed by atoms with van der Waals surface area (Å²) in [4.78, 5) is 26.9. The zero-order valence-electron chi connectivity index (χ0n) is 29.7. The molecule has 0 spiro atoms. The minimum absolute atomic E-state index is 0.350. The van der Waals surface area contributed by atoms with Crippen molar-refractivity contribution in [2.45, 2.75) is 83.0 Å². The number of carbonyl (C=O) groups excluding carboxylic acids is 1. The molecule has 3 aliphatic heterocycles. The molecule has 6 aromatic rings. The number of aromatic nitrogens is 5. The van der Waals surface area contributed by atoms with Crippen molar-refractivity contribution in [1.82, 2.24) is 24.7 Å². The van der Waals surface area contributed by atoms with E-state index in [0.29, 0.717) is 35.0 Å². The summed E-state index contributed by atoms with van der Waals surface area (Å²) in [6, 6.07) is 22.3. The van der Waals surface area contributed by atoms with Crippen LogP contribution in [0.4, 0.5) is 0 Å². The summed E-state index contributed by atoms with van der Waals surface area (Å²) in [6.07, 6.45) is 8.25. The molecular weight excluding hydrogens is 649 g/mol. The Bertz CT molecular complexity index is 2480. The second kappa shape index (κ2) is 11.8. The first-order chi connectivity index (χ1) is 25.0. The molecule has 1 amide bonds. The first kappa shape index (κ1) is 32.5. The lowest BCUT2D eigenvalue weighted by Gasteiger charge is -2.37. The topological polar surface area (TPSA) is 142 Å². The normalized spacial score (nSPS) is 19.9. The van der Waals surface area contributed by atoms with Crippen LogP contribution in [0.2, 0.25) is 0 Å². The number of primary amides is 1. The molecule has 2 fully saturated rings. The number of carbonyl (C=O) groups is 1. The number of hydrogen-bond donors (Lipinski definition) is 1. The van der Waals surface area contributed by atoms with E-state index in [2.05, 4.69) is 27.9 Å². The van der Waals surface area contributed by atoms with Crippen LogP contribution < -0.4 is 11.2 Å². The highest BCUT2D eigenvalue weighted by atomic mass is 16.7. The second-order valence-corrected chi connectivity index (χ2v) is 15.3. The van der Waals surface area contributed by atoms with Gasteiger partial charge in [0.25, 0.3) is 0 Å². The third kappa shape index (κ3) is 5.12. The quantitative estimate of drug-likeness (QED) is 0.189. The van der Waals surface area contributed by atoms with Gasteiger partial charge in [-0.2, -0.15) is 10.4 Å². The smallest absolute Gasteiger partial charge is 0.399 e. The SMILES string of the molecule is CC1(C)OB(c2cc(Cc3cccc(-c4nn5c(c4-c4ccc6nccc(C(N)=O)c6c4)C4CCC5CC4)n3)c3nccc(C#N)c3c2)OC1(C)C. The Hall–Kier alpha value is -5.44. The van der Waals surface area contributed by atoms with E-state index in [9.17, 15) is 10.1 Å². The van der Waals surface area contributed by atoms with Crippen LogP contribution in [0.1, 0.15) is 98.2 Å². The fourth-order valence-corrected chi connectivity index (χ4v) is 8.30. The molecule has 10 nitrogen and oxygen atoms in total. The van der Waals surface area contributed by atoms with Crippen molar-refractivity contribution in [3.05, 3.63) is 101 Å². The summed E-state index contributed by atoms with van der Waals surface area (Å²) in [5.74, 6) is -0.0872. The minimum Gasteiger partial charge on any atom is -0.399 e. The molecule has 1 saturated carbocycles. The first-order valence-corrected chi connectivity index (χ1v) is 18.0. The van der Waals surface area contributed by atoms with E-state index in [1.807, 2.05) is 64.1 Å². The highest BCUT2D eigenvalue weighted by Gasteiger charge is 2.52. The zero-order valence-corrected chi connectivity index (χ0v) is 29.7. The molecule has 1 aliphatic carbocycles. The molecule has 4 aliphatic rings. The van der Waals surface area contributed by atoms with Crippen LogP contribution in [0.3, 0.4) is 0 Å². The average Bonchev–Trinajstić information content (AvgIpc) is 3.67. The summed E-state index contributed by atoms with van der Waals surface area (Å²) in [7, 11) is -0.596. The number of amides is 1. The Morgan fingerprint density at radius 2 is 1.73 bits per heavy atom. The van der Waals surface area contributed by atoms with E-state index in [1.54, 1.807) is 24.5 Å². The largest absolute Gasteiger partial charge is 0.494 e. The first-order valence-electron chi connectivity index (χ1n) is 18.0. The van der Waals surface area contributed by atoms with Crippen LogP contribution in [0, 0.1) is 11.3 Å². The van der Waals surface area contributed by atoms with E-state index in [-0.39, 0.29) is 0 Å². The van der Waals surface area contributed by atoms with Gasteiger partial charge in [-0.1, -0.05) is 24.3 Å². The Balaban J connectivity index is 1.17. The predicted octanol–water partition coefficient (Wildman–Crippen LogP) is 6.78. The molecule has 2 bridgehead atoms. The van der Waals surface area contributed by atoms with E-state index in [1.165, 1.54) is 5.69 Å². The molecular formula is C41H38BN7O3. The van der Waals surface area contributed by atoms with E-state index in [0.717, 1.165) is 81.2 Å². The second-order valence-electron chi connectivity index (χ2n) is 15.3. The van der Waals surface area contributed by atoms with Crippen LogP contribution in [-0.4, -0.2) is 49.0 Å². The number of pyridine rings is 3. The molecule has 1 saturated heterocycles. The number of rotatable bonds is 6. The molecule has 2 aromatic carbocycles. The highest BCUT2D eigenvalue weighted by Crippen LogP contribution is 2.51. The highest BCUT2D eigenvalue weighted by molar-refractivity contribution is 6.62. The van der Waals surface area contributed by atoms with Gasteiger partial charge in [0.2, 0.25) is 5.91 Å². The zero-order chi connectivity index (χ0) is 35.9. The third-order valence-corrected chi connectivity index (χ3v) is 11.7. The van der Waals surface area contributed by atoms with Gasteiger partial charge in [-0.3, -0.25) is 24.4 Å². The van der Waals surface area contributed by atoms with Crippen molar-refractivity contribution < 1.29 is 14.1 Å². The molecule has 0 atom stereocenters. The summed E-state index contributed by atoms with van der Waals surface area (Å²) < 4.78 is 15.1. The van der Waals surface area contributed by atoms with Crippen LogP contribution in [0.15, 0.2) is 73.1 Å². The Labute approximate surface area is 302 Å². The molecule has 11 heteroatoms. The van der Waals surface area contributed by atoms with E-state index < -0.39 is 24.2 Å². The number of nitrogens with zero attached hydrogens (tertiary/aromatic N) is 6. The standard InChI is InChI=1S/C41H38BN7O3/c1-40(2)41(3,4)52-42(51-40)27-18-26(36-31(21-27)25(22-43)14-16-46-36)19-28-6-5-7-34(47-28)37-35(38-23-8-11-29(12-9-23)49(38)48-37)24-10-13-33-32(20-24)30(39(44)50)15-17-45-33/h5-7,10,13-18,20-21,23,29H,8-9,11-12,19H2,1-4H3,(H2,44,50). The number of nitriles is 1. The van der Waals surface area contributed by atoms with Gasteiger partial charge < -0.3 is 15.0 Å². The van der Waals surface area contributed by atoms with Gasteiger partial charge in [-0.05, 0) is 106 Å². The molecule has 0 radical (unpaired) electrons. The fraction of sp³-hybridized carbons (Fsp3) is 0.317. The molecule has 258 valence electrons. The van der Waals surface area contributed by atoms with Gasteiger partial charge in [0.15, 0.2) is 0 Å². The number of fused-ring (bicyclic) bond motifs is 4. The summed E-state index contributed by atoms with van der Waals surface area (Å²) in [5.41, 5.74) is 14.7.